The molecule has 0 atom stereocenters. The van der Waals surface area contributed by atoms with Gasteiger partial charge < -0.3 is 9.64 Å². The van der Waals surface area contributed by atoms with E-state index in [1.807, 2.05) is 0 Å². The van der Waals surface area contributed by atoms with Crippen LogP contribution in [0.15, 0.2) is 53.4 Å². The predicted molar refractivity (Wildman–Crippen MR) is 116 cm³/mol. The fraction of sp³-hybridized carbons (Fsp3) is 0.286. The van der Waals surface area contributed by atoms with Gasteiger partial charge in [0.05, 0.1) is 12.0 Å². The number of anilines is 1. The number of carbonyl (C=O) groups excluding carboxylic acids is 3. The monoisotopic (exact) mass is 460 g/mol. The number of rotatable bonds is 8. The van der Waals surface area contributed by atoms with Gasteiger partial charge in [0, 0.05) is 37.2 Å². The normalized spacial score (nSPS) is 13.5. The highest BCUT2D eigenvalue weighted by Crippen LogP contribution is 2.20. The number of benzene rings is 2. The van der Waals surface area contributed by atoms with E-state index in [1.54, 1.807) is 29.2 Å². The van der Waals surface area contributed by atoms with Crippen LogP contribution in [0.4, 0.5) is 5.69 Å². The molecule has 10 nitrogen and oxygen atoms in total. The van der Waals surface area contributed by atoms with Crippen LogP contribution in [0.1, 0.15) is 29.6 Å². The van der Waals surface area contributed by atoms with Gasteiger partial charge in [-0.2, -0.15) is 0 Å². The number of nitrogens with one attached hydrogen (secondary N) is 3. The van der Waals surface area contributed by atoms with Gasteiger partial charge in [-0.3, -0.25) is 30.0 Å². The lowest BCUT2D eigenvalue weighted by Gasteiger charge is -2.15. The van der Waals surface area contributed by atoms with Crippen molar-refractivity contribution in [3.8, 4) is 5.75 Å². The molecule has 0 bridgehead atoms. The Balaban J connectivity index is 1.57. The van der Waals surface area contributed by atoms with Gasteiger partial charge in [-0.25, -0.2) is 8.42 Å². The third-order valence-electron chi connectivity index (χ3n) is 4.84. The van der Waals surface area contributed by atoms with Gasteiger partial charge in [0.25, 0.3) is 15.9 Å². The summed E-state index contributed by atoms with van der Waals surface area (Å²) in [5.74, 6) is -0.524. The van der Waals surface area contributed by atoms with Crippen LogP contribution in [0.5, 0.6) is 5.75 Å². The van der Waals surface area contributed by atoms with E-state index in [4.69, 9.17) is 4.74 Å². The molecule has 1 aliphatic rings. The van der Waals surface area contributed by atoms with Gasteiger partial charge >= 0.3 is 0 Å². The van der Waals surface area contributed by atoms with Gasteiger partial charge in [-0.15, -0.1) is 0 Å². The minimum atomic E-state index is -3.94. The summed E-state index contributed by atoms with van der Waals surface area (Å²) < 4.78 is 32.8. The summed E-state index contributed by atoms with van der Waals surface area (Å²) in [5, 5.41) is 0. The molecule has 2 aromatic carbocycles. The molecule has 0 aliphatic carbocycles. The molecule has 0 saturated carbocycles. The topological polar surface area (TPSA) is 134 Å². The Morgan fingerprint density at radius 3 is 2.50 bits per heavy atom. The molecule has 2 aromatic rings. The third kappa shape index (κ3) is 5.97. The number of nitrogens with zero attached hydrogens (tertiary/aromatic N) is 1. The Hall–Kier alpha value is -3.60. The Bertz CT molecular complexity index is 1100. The number of sulfonamides is 1. The van der Waals surface area contributed by atoms with Crippen molar-refractivity contribution in [3.63, 3.8) is 0 Å². The van der Waals surface area contributed by atoms with Crippen LogP contribution in [-0.4, -0.2) is 51.2 Å². The van der Waals surface area contributed by atoms with Crippen molar-refractivity contribution in [1.82, 2.24) is 15.8 Å². The molecule has 1 aliphatic heterocycles. The van der Waals surface area contributed by atoms with Crippen molar-refractivity contribution in [1.29, 1.82) is 0 Å². The van der Waals surface area contributed by atoms with Crippen LogP contribution in [0.25, 0.3) is 0 Å². The summed E-state index contributed by atoms with van der Waals surface area (Å²) in [6.45, 7) is 0.912. The average Bonchev–Trinajstić information content (AvgIpc) is 3.21. The Labute approximate surface area is 186 Å². The Morgan fingerprint density at radius 2 is 1.84 bits per heavy atom. The molecule has 170 valence electrons. The first-order chi connectivity index (χ1) is 15.3. The van der Waals surface area contributed by atoms with E-state index in [0.29, 0.717) is 24.4 Å². The fourth-order valence-electron chi connectivity index (χ4n) is 3.12. The van der Waals surface area contributed by atoms with Gasteiger partial charge in [0.15, 0.2) is 0 Å². The zero-order valence-corrected chi connectivity index (χ0v) is 18.3. The highest BCUT2D eigenvalue weighted by Gasteiger charge is 2.21. The maximum atomic E-state index is 12.7. The van der Waals surface area contributed by atoms with Crippen molar-refractivity contribution in [2.24, 2.45) is 0 Å². The molecule has 32 heavy (non-hydrogen) atoms. The van der Waals surface area contributed by atoms with E-state index in [0.717, 1.165) is 6.42 Å². The summed E-state index contributed by atoms with van der Waals surface area (Å²) in [4.78, 5) is 37.3. The molecule has 3 N–H and O–H groups in total. The number of carbonyl (C=O) groups is 3. The lowest BCUT2D eigenvalue weighted by atomic mass is 10.2. The predicted octanol–water partition coefficient (Wildman–Crippen LogP) is 1.27. The second kappa shape index (κ2) is 10.1. The summed E-state index contributed by atoms with van der Waals surface area (Å²) in [7, 11) is -2.43. The molecule has 3 amide bonds. The van der Waals surface area contributed by atoms with Crippen molar-refractivity contribution < 1.29 is 27.5 Å². The summed E-state index contributed by atoms with van der Waals surface area (Å²) >= 11 is 0. The second-order valence-electron chi connectivity index (χ2n) is 7.10. The van der Waals surface area contributed by atoms with Crippen LogP contribution < -0.4 is 20.3 Å². The Morgan fingerprint density at radius 1 is 1.09 bits per heavy atom. The summed E-state index contributed by atoms with van der Waals surface area (Å²) in [6.07, 6.45) is 1.32. The zero-order valence-electron chi connectivity index (χ0n) is 17.5. The fourth-order valence-corrected chi connectivity index (χ4v) is 4.22. The third-order valence-corrected chi connectivity index (χ3v) is 6.22. The van der Waals surface area contributed by atoms with Crippen molar-refractivity contribution in [2.45, 2.75) is 24.2 Å². The highest BCUT2D eigenvalue weighted by molar-refractivity contribution is 7.92. The minimum Gasteiger partial charge on any atom is -0.497 e. The average molecular weight is 461 g/mol. The number of hydrogen-bond donors (Lipinski definition) is 3. The molecule has 0 spiro atoms. The first kappa shape index (κ1) is 23.1. The summed E-state index contributed by atoms with van der Waals surface area (Å²) in [6, 6.07) is 11.8. The molecular formula is C21H24N4O6S. The molecule has 1 heterocycles. The quantitative estimate of drug-likeness (QED) is 0.508. The van der Waals surface area contributed by atoms with E-state index >= 15 is 0 Å². The largest absolute Gasteiger partial charge is 0.497 e. The first-order valence-corrected chi connectivity index (χ1v) is 11.4. The number of hydrazine groups is 1. The molecule has 0 unspecified atom stereocenters. The molecule has 0 aromatic heterocycles. The minimum absolute atomic E-state index is 0.0168. The number of hydrogen-bond acceptors (Lipinski definition) is 6. The second-order valence-corrected chi connectivity index (χ2v) is 8.78. The molecule has 0 radical (unpaired) electrons. The van der Waals surface area contributed by atoms with E-state index in [-0.39, 0.29) is 29.3 Å². The van der Waals surface area contributed by atoms with E-state index < -0.39 is 21.8 Å². The van der Waals surface area contributed by atoms with Gasteiger partial charge in [0.2, 0.25) is 11.8 Å². The first-order valence-electron chi connectivity index (χ1n) is 9.92. The van der Waals surface area contributed by atoms with Crippen LogP contribution >= 0.6 is 0 Å². The number of likely N-dealkylation sites (tertiary alicyclic amines) is 1. The maximum Gasteiger partial charge on any atom is 0.269 e. The zero-order chi connectivity index (χ0) is 23.1. The van der Waals surface area contributed by atoms with Crippen molar-refractivity contribution in [3.05, 3.63) is 54.1 Å². The number of amides is 3. The number of methoxy groups -OCH3 is 1. The van der Waals surface area contributed by atoms with Gasteiger partial charge in [0.1, 0.15) is 5.75 Å². The molecular weight excluding hydrogens is 436 g/mol. The van der Waals surface area contributed by atoms with E-state index in [9.17, 15) is 22.8 Å². The molecule has 1 saturated heterocycles. The van der Waals surface area contributed by atoms with Crippen LogP contribution in [0.2, 0.25) is 0 Å². The maximum absolute atomic E-state index is 12.7. The summed E-state index contributed by atoms with van der Waals surface area (Å²) in [5.41, 5.74) is 4.92. The van der Waals surface area contributed by atoms with Gasteiger partial charge in [-0.05, 0) is 48.9 Å². The highest BCUT2D eigenvalue weighted by atomic mass is 32.2. The van der Waals surface area contributed by atoms with E-state index in [2.05, 4.69) is 15.6 Å². The smallest absolute Gasteiger partial charge is 0.269 e. The molecule has 11 heteroatoms. The SMILES string of the molecule is COc1ccc(NS(=O)(=O)c2cccc(C(=O)NNC(=O)CCN3CCCC3=O)c2)cc1. The number of ether oxygens (including phenoxy) is 1. The van der Waals surface area contributed by atoms with E-state index in [1.165, 1.54) is 31.4 Å². The van der Waals surface area contributed by atoms with Crippen LogP contribution in [0.3, 0.4) is 0 Å². The molecule has 1 fully saturated rings. The standard InChI is InChI=1S/C21H24N4O6S/c1-31-17-9-7-16(8-10-17)24-32(29,30)18-5-2-4-15(14-18)21(28)23-22-19(26)11-13-25-12-3-6-20(25)27/h2,4-5,7-10,14,24H,3,6,11-13H2,1H3,(H,22,26)(H,23,28). The van der Waals surface area contributed by atoms with Gasteiger partial charge in [-0.1, -0.05) is 6.07 Å². The molecule has 3 rings (SSSR count). The van der Waals surface area contributed by atoms with Crippen molar-refractivity contribution >= 4 is 33.4 Å². The Kier molecular flexibility index (Phi) is 7.31. The lowest BCUT2D eigenvalue weighted by molar-refractivity contribution is -0.128. The van der Waals surface area contributed by atoms with Crippen molar-refractivity contribution in [2.75, 3.05) is 24.9 Å². The lowest BCUT2D eigenvalue weighted by Crippen LogP contribution is -2.43. The van der Waals surface area contributed by atoms with Crippen LogP contribution in [-0.2, 0) is 19.6 Å². The van der Waals surface area contributed by atoms with Crippen LogP contribution in [0, 0.1) is 0 Å².